The van der Waals surface area contributed by atoms with Crippen molar-refractivity contribution in [1.29, 1.82) is 0 Å². The molecule has 0 saturated carbocycles. The number of halogens is 1. The van der Waals surface area contributed by atoms with Gasteiger partial charge in [0.25, 0.3) is 0 Å². The zero-order valence-corrected chi connectivity index (χ0v) is 12.6. The molecule has 1 saturated heterocycles. The van der Waals surface area contributed by atoms with E-state index in [4.69, 9.17) is 16.3 Å². The van der Waals surface area contributed by atoms with Gasteiger partial charge in [-0.2, -0.15) is 0 Å². The van der Waals surface area contributed by atoms with E-state index in [9.17, 15) is 0 Å². The monoisotopic (exact) mass is 302 g/mol. The fourth-order valence-electron chi connectivity index (χ4n) is 2.43. The highest BCUT2D eigenvalue weighted by molar-refractivity contribution is 6.30. The molecule has 2 aromatic carbocycles. The summed E-state index contributed by atoms with van der Waals surface area (Å²) in [6, 6.07) is 15.7. The second-order valence-corrected chi connectivity index (χ2v) is 5.66. The molecule has 1 heterocycles. The van der Waals surface area contributed by atoms with Crippen LogP contribution in [0.25, 0.3) is 0 Å². The molecule has 0 radical (unpaired) electrons. The van der Waals surface area contributed by atoms with Gasteiger partial charge in [0.1, 0.15) is 11.5 Å². The van der Waals surface area contributed by atoms with Gasteiger partial charge < -0.3 is 10.1 Å². The summed E-state index contributed by atoms with van der Waals surface area (Å²) in [5, 5.41) is 4.09. The minimum Gasteiger partial charge on any atom is -0.457 e. The van der Waals surface area contributed by atoms with Gasteiger partial charge in [0.15, 0.2) is 0 Å². The summed E-state index contributed by atoms with van der Waals surface area (Å²) in [6.45, 7) is 5.39. The SMILES string of the molecule is Clc1ccc(Oc2ccc(CN3CCNCC3)cc2)cc1. The molecule has 1 fully saturated rings. The predicted molar refractivity (Wildman–Crippen MR) is 86.1 cm³/mol. The lowest BCUT2D eigenvalue weighted by Gasteiger charge is -2.27. The van der Waals surface area contributed by atoms with Crippen LogP contribution in [0.3, 0.4) is 0 Å². The molecule has 0 spiro atoms. The summed E-state index contributed by atoms with van der Waals surface area (Å²) in [6.07, 6.45) is 0. The minimum absolute atomic E-state index is 0.716. The molecular weight excluding hydrogens is 284 g/mol. The smallest absolute Gasteiger partial charge is 0.127 e. The third-order valence-corrected chi connectivity index (χ3v) is 3.84. The molecule has 1 aliphatic rings. The predicted octanol–water partition coefficient (Wildman–Crippen LogP) is 3.54. The van der Waals surface area contributed by atoms with Crippen LogP contribution in [0, 0.1) is 0 Å². The van der Waals surface area contributed by atoms with E-state index in [1.54, 1.807) is 0 Å². The first kappa shape index (κ1) is 14.4. The van der Waals surface area contributed by atoms with Crippen molar-refractivity contribution in [2.75, 3.05) is 26.2 Å². The van der Waals surface area contributed by atoms with E-state index < -0.39 is 0 Å². The molecule has 1 N–H and O–H groups in total. The Morgan fingerprint density at radius 2 is 1.48 bits per heavy atom. The number of nitrogens with zero attached hydrogens (tertiary/aromatic N) is 1. The van der Waals surface area contributed by atoms with Crippen LogP contribution in [0.2, 0.25) is 5.02 Å². The van der Waals surface area contributed by atoms with Crippen LogP contribution in [-0.2, 0) is 6.54 Å². The quantitative estimate of drug-likeness (QED) is 0.935. The normalized spacial score (nSPS) is 15.9. The van der Waals surface area contributed by atoms with Gasteiger partial charge in [-0.3, -0.25) is 4.90 Å². The summed E-state index contributed by atoms with van der Waals surface area (Å²) >= 11 is 5.86. The Hall–Kier alpha value is -1.55. The largest absolute Gasteiger partial charge is 0.457 e. The molecule has 0 bridgehead atoms. The molecular formula is C17H19ClN2O. The van der Waals surface area contributed by atoms with Gasteiger partial charge in [-0.05, 0) is 42.0 Å². The zero-order chi connectivity index (χ0) is 14.5. The van der Waals surface area contributed by atoms with Crippen molar-refractivity contribution in [3.8, 4) is 11.5 Å². The van der Waals surface area contributed by atoms with Crippen LogP contribution in [0.15, 0.2) is 48.5 Å². The van der Waals surface area contributed by atoms with E-state index in [-0.39, 0.29) is 0 Å². The first-order valence-electron chi connectivity index (χ1n) is 7.25. The Bertz CT molecular complexity index is 562. The number of nitrogens with one attached hydrogen (secondary N) is 1. The van der Waals surface area contributed by atoms with Crippen LogP contribution in [0.1, 0.15) is 5.56 Å². The summed E-state index contributed by atoms with van der Waals surface area (Å²) < 4.78 is 5.80. The number of hydrogen-bond donors (Lipinski definition) is 1. The van der Waals surface area contributed by atoms with E-state index in [2.05, 4.69) is 22.3 Å². The Labute approximate surface area is 130 Å². The number of hydrogen-bond acceptors (Lipinski definition) is 3. The van der Waals surface area contributed by atoms with Crippen LogP contribution in [-0.4, -0.2) is 31.1 Å². The van der Waals surface area contributed by atoms with Gasteiger partial charge in [0, 0.05) is 37.7 Å². The minimum atomic E-state index is 0.716. The third-order valence-electron chi connectivity index (χ3n) is 3.59. The van der Waals surface area contributed by atoms with E-state index in [1.165, 1.54) is 5.56 Å². The molecule has 3 nitrogen and oxygen atoms in total. The molecule has 0 aliphatic carbocycles. The van der Waals surface area contributed by atoms with Gasteiger partial charge in [-0.25, -0.2) is 0 Å². The average Bonchev–Trinajstić information content (AvgIpc) is 2.53. The van der Waals surface area contributed by atoms with E-state index >= 15 is 0 Å². The fourth-order valence-corrected chi connectivity index (χ4v) is 2.56. The molecule has 0 unspecified atom stereocenters. The fraction of sp³-hybridized carbons (Fsp3) is 0.294. The lowest BCUT2D eigenvalue weighted by Crippen LogP contribution is -2.42. The van der Waals surface area contributed by atoms with Crippen LogP contribution < -0.4 is 10.1 Å². The van der Waals surface area contributed by atoms with Crippen molar-refractivity contribution >= 4 is 11.6 Å². The van der Waals surface area contributed by atoms with Crippen LogP contribution >= 0.6 is 11.6 Å². The topological polar surface area (TPSA) is 24.5 Å². The zero-order valence-electron chi connectivity index (χ0n) is 11.9. The molecule has 0 aromatic heterocycles. The van der Waals surface area contributed by atoms with Crippen molar-refractivity contribution in [2.45, 2.75) is 6.54 Å². The highest BCUT2D eigenvalue weighted by Crippen LogP contribution is 2.23. The van der Waals surface area contributed by atoms with Crippen molar-refractivity contribution in [3.05, 3.63) is 59.1 Å². The average molecular weight is 303 g/mol. The summed E-state index contributed by atoms with van der Waals surface area (Å²) in [7, 11) is 0. The Balaban J connectivity index is 1.59. The molecule has 2 aromatic rings. The highest BCUT2D eigenvalue weighted by Gasteiger charge is 2.09. The molecule has 0 amide bonds. The maximum Gasteiger partial charge on any atom is 0.127 e. The molecule has 110 valence electrons. The number of piperazine rings is 1. The summed E-state index contributed by atoms with van der Waals surface area (Å²) in [5.41, 5.74) is 1.32. The maximum absolute atomic E-state index is 5.86. The molecule has 1 aliphatic heterocycles. The lowest BCUT2D eigenvalue weighted by atomic mass is 10.2. The summed E-state index contributed by atoms with van der Waals surface area (Å²) in [4.78, 5) is 2.46. The first-order chi connectivity index (χ1) is 10.3. The third kappa shape index (κ3) is 4.21. The van der Waals surface area contributed by atoms with Gasteiger partial charge in [-0.1, -0.05) is 23.7 Å². The van der Waals surface area contributed by atoms with E-state index in [0.717, 1.165) is 44.2 Å². The van der Waals surface area contributed by atoms with E-state index in [0.29, 0.717) is 5.02 Å². The maximum atomic E-state index is 5.86. The van der Waals surface area contributed by atoms with E-state index in [1.807, 2.05) is 36.4 Å². The van der Waals surface area contributed by atoms with Crippen molar-refractivity contribution < 1.29 is 4.74 Å². The number of benzene rings is 2. The molecule has 21 heavy (non-hydrogen) atoms. The second kappa shape index (κ2) is 6.94. The highest BCUT2D eigenvalue weighted by atomic mass is 35.5. The standard InChI is InChI=1S/C17H19ClN2O/c18-15-3-7-17(8-4-15)21-16-5-1-14(2-6-16)13-20-11-9-19-10-12-20/h1-8,19H,9-13H2. The number of ether oxygens (including phenoxy) is 1. The Morgan fingerprint density at radius 3 is 2.10 bits per heavy atom. The molecule has 4 heteroatoms. The molecule has 0 atom stereocenters. The first-order valence-corrected chi connectivity index (χ1v) is 7.63. The lowest BCUT2D eigenvalue weighted by molar-refractivity contribution is 0.233. The van der Waals surface area contributed by atoms with Gasteiger partial charge >= 0.3 is 0 Å². The van der Waals surface area contributed by atoms with Gasteiger partial charge in [0.05, 0.1) is 0 Å². The Morgan fingerprint density at radius 1 is 0.905 bits per heavy atom. The van der Waals surface area contributed by atoms with Crippen molar-refractivity contribution in [3.63, 3.8) is 0 Å². The van der Waals surface area contributed by atoms with Crippen molar-refractivity contribution in [1.82, 2.24) is 10.2 Å². The second-order valence-electron chi connectivity index (χ2n) is 5.23. The van der Waals surface area contributed by atoms with Gasteiger partial charge in [-0.15, -0.1) is 0 Å². The molecule has 3 rings (SSSR count). The summed E-state index contributed by atoms with van der Waals surface area (Å²) in [5.74, 6) is 1.65. The van der Waals surface area contributed by atoms with Crippen molar-refractivity contribution in [2.24, 2.45) is 0 Å². The van der Waals surface area contributed by atoms with Gasteiger partial charge in [0.2, 0.25) is 0 Å². The van der Waals surface area contributed by atoms with Crippen LogP contribution in [0.4, 0.5) is 0 Å². The number of rotatable bonds is 4. The van der Waals surface area contributed by atoms with Crippen LogP contribution in [0.5, 0.6) is 11.5 Å². The Kier molecular flexibility index (Phi) is 4.76.